The molecule has 0 heterocycles. The number of alkyl halides is 3. The Morgan fingerprint density at radius 2 is 1.80 bits per heavy atom. The van der Waals surface area contributed by atoms with E-state index in [1.54, 1.807) is 13.8 Å². The summed E-state index contributed by atoms with van der Waals surface area (Å²) < 4.78 is 37.4. The minimum absolute atomic E-state index is 0.0192. The van der Waals surface area contributed by atoms with E-state index in [4.69, 9.17) is 5.11 Å². The highest BCUT2D eigenvalue weighted by atomic mass is 19.4. The molecule has 0 aliphatic carbocycles. The maximum atomic E-state index is 12.5. The van der Waals surface area contributed by atoms with Crippen LogP contribution in [0.1, 0.15) is 33.6 Å². The zero-order valence-corrected chi connectivity index (χ0v) is 11.9. The minimum atomic E-state index is -4.47. The van der Waals surface area contributed by atoms with Crippen LogP contribution in [0, 0.1) is 0 Å². The topological polar surface area (TPSA) is 60.9 Å². The van der Waals surface area contributed by atoms with Gasteiger partial charge in [-0.1, -0.05) is 6.92 Å². The third-order valence-electron chi connectivity index (χ3n) is 2.72. The smallest absolute Gasteiger partial charge is 0.406 e. The molecule has 0 aromatic rings. The molecule has 8 heteroatoms. The molecule has 118 valence electrons. The van der Waals surface area contributed by atoms with Crippen molar-refractivity contribution in [2.45, 2.75) is 45.8 Å². The highest BCUT2D eigenvalue weighted by molar-refractivity contribution is 5.76. The molecular weight excluding hydrogens is 277 g/mol. The number of hydrogen-bond donors (Lipinski definition) is 1. The van der Waals surface area contributed by atoms with E-state index in [0.29, 0.717) is 11.3 Å². The lowest BCUT2D eigenvalue weighted by Gasteiger charge is -2.33. The number of urea groups is 1. The van der Waals surface area contributed by atoms with Crippen LogP contribution in [0.15, 0.2) is 0 Å². The summed E-state index contributed by atoms with van der Waals surface area (Å²) in [5.41, 5.74) is 0. The van der Waals surface area contributed by atoms with Crippen molar-refractivity contribution in [3.05, 3.63) is 0 Å². The van der Waals surface area contributed by atoms with Gasteiger partial charge in [-0.3, -0.25) is 4.79 Å². The Labute approximate surface area is 116 Å². The maximum absolute atomic E-state index is 12.5. The number of halogens is 3. The number of carboxylic acids is 1. The molecule has 0 radical (unpaired) electrons. The fourth-order valence-electron chi connectivity index (χ4n) is 1.91. The summed E-state index contributed by atoms with van der Waals surface area (Å²) >= 11 is 0. The first-order valence-electron chi connectivity index (χ1n) is 6.46. The number of aliphatic carboxylic acids is 1. The lowest BCUT2D eigenvalue weighted by Crippen LogP contribution is -2.50. The molecule has 0 saturated carbocycles. The molecule has 0 fully saturated rings. The molecular formula is C12H21F3N2O3. The van der Waals surface area contributed by atoms with Gasteiger partial charge in [0.1, 0.15) is 6.54 Å². The summed E-state index contributed by atoms with van der Waals surface area (Å²) in [4.78, 5) is 24.6. The van der Waals surface area contributed by atoms with Crippen molar-refractivity contribution in [3.63, 3.8) is 0 Å². The first kappa shape index (κ1) is 18.5. The fraction of sp³-hybridized carbons (Fsp3) is 0.833. The van der Waals surface area contributed by atoms with Gasteiger partial charge >= 0.3 is 18.2 Å². The Morgan fingerprint density at radius 3 is 2.15 bits per heavy atom. The second-order valence-corrected chi connectivity index (χ2v) is 4.55. The Hall–Kier alpha value is -1.47. The molecule has 20 heavy (non-hydrogen) atoms. The van der Waals surface area contributed by atoms with Crippen molar-refractivity contribution in [2.75, 3.05) is 19.6 Å². The molecule has 5 nitrogen and oxygen atoms in total. The van der Waals surface area contributed by atoms with Gasteiger partial charge in [-0.25, -0.2) is 4.79 Å². The van der Waals surface area contributed by atoms with Gasteiger partial charge in [0, 0.05) is 19.1 Å². The van der Waals surface area contributed by atoms with Crippen molar-refractivity contribution in [1.29, 1.82) is 0 Å². The Balaban J connectivity index is 4.94. The van der Waals surface area contributed by atoms with Crippen LogP contribution in [0.3, 0.4) is 0 Å². The monoisotopic (exact) mass is 298 g/mol. The van der Waals surface area contributed by atoms with E-state index in [1.165, 1.54) is 6.92 Å². The van der Waals surface area contributed by atoms with Crippen LogP contribution in [0.25, 0.3) is 0 Å². The molecule has 0 aromatic carbocycles. The lowest BCUT2D eigenvalue weighted by atomic mass is 10.2. The third-order valence-corrected chi connectivity index (χ3v) is 2.72. The second-order valence-electron chi connectivity index (χ2n) is 4.55. The van der Waals surface area contributed by atoms with Gasteiger partial charge in [0.2, 0.25) is 0 Å². The summed E-state index contributed by atoms with van der Waals surface area (Å²) in [6.07, 6.45) is -4.38. The van der Waals surface area contributed by atoms with Gasteiger partial charge in [0.15, 0.2) is 0 Å². The van der Waals surface area contributed by atoms with Gasteiger partial charge in [0.25, 0.3) is 0 Å². The predicted octanol–water partition coefficient (Wildman–Crippen LogP) is 2.57. The minimum Gasteiger partial charge on any atom is -0.481 e. The number of amides is 2. The van der Waals surface area contributed by atoms with E-state index in [2.05, 4.69) is 0 Å². The zero-order valence-electron chi connectivity index (χ0n) is 11.9. The highest BCUT2D eigenvalue weighted by Gasteiger charge is 2.35. The predicted molar refractivity (Wildman–Crippen MR) is 67.4 cm³/mol. The molecule has 1 atom stereocenters. The van der Waals surface area contributed by atoms with Crippen molar-refractivity contribution in [2.24, 2.45) is 0 Å². The van der Waals surface area contributed by atoms with E-state index >= 15 is 0 Å². The molecule has 0 rings (SSSR count). The van der Waals surface area contributed by atoms with Gasteiger partial charge in [-0.15, -0.1) is 0 Å². The SMILES string of the molecule is CCCN(CC(F)(F)F)C(=O)N(CC)C(C)CC(=O)O. The van der Waals surface area contributed by atoms with Crippen LogP contribution in [0.5, 0.6) is 0 Å². The lowest BCUT2D eigenvalue weighted by molar-refractivity contribution is -0.142. The molecule has 2 amide bonds. The largest absolute Gasteiger partial charge is 0.481 e. The summed E-state index contributed by atoms with van der Waals surface area (Å²) in [6.45, 7) is 3.60. The van der Waals surface area contributed by atoms with Crippen LogP contribution in [-0.2, 0) is 4.79 Å². The summed E-state index contributed by atoms with van der Waals surface area (Å²) in [5, 5.41) is 8.71. The Morgan fingerprint density at radius 1 is 1.25 bits per heavy atom. The van der Waals surface area contributed by atoms with Crippen molar-refractivity contribution in [3.8, 4) is 0 Å². The van der Waals surface area contributed by atoms with Crippen LogP contribution in [0.2, 0.25) is 0 Å². The van der Waals surface area contributed by atoms with E-state index in [9.17, 15) is 22.8 Å². The Kier molecular flexibility index (Phi) is 7.38. The van der Waals surface area contributed by atoms with Crippen LogP contribution in [-0.4, -0.2) is 58.8 Å². The zero-order chi connectivity index (χ0) is 15.9. The van der Waals surface area contributed by atoms with Gasteiger partial charge in [-0.05, 0) is 20.3 Å². The van der Waals surface area contributed by atoms with Crippen molar-refractivity contribution < 1.29 is 27.9 Å². The summed E-state index contributed by atoms with van der Waals surface area (Å²) in [5.74, 6) is -1.10. The molecule has 0 aromatic heterocycles. The molecule has 0 spiro atoms. The standard InChI is InChI=1S/C12H21F3N2O3/c1-4-6-16(8-12(13,14)15)11(20)17(5-2)9(3)7-10(18)19/h9H,4-8H2,1-3H3,(H,18,19). The number of carbonyl (C=O) groups is 2. The molecule has 0 saturated heterocycles. The number of carboxylic acid groups (broad SMARTS) is 1. The van der Waals surface area contributed by atoms with Crippen LogP contribution < -0.4 is 0 Å². The normalized spacial score (nSPS) is 12.9. The molecule has 0 bridgehead atoms. The molecule has 1 unspecified atom stereocenters. The first-order valence-corrected chi connectivity index (χ1v) is 6.46. The average Bonchev–Trinajstić information content (AvgIpc) is 2.26. The van der Waals surface area contributed by atoms with Gasteiger partial charge in [-0.2, -0.15) is 13.2 Å². The quantitative estimate of drug-likeness (QED) is 0.786. The fourth-order valence-corrected chi connectivity index (χ4v) is 1.91. The van der Waals surface area contributed by atoms with E-state index in [1.807, 2.05) is 0 Å². The highest BCUT2D eigenvalue weighted by Crippen LogP contribution is 2.18. The number of carbonyl (C=O) groups excluding carboxylic acids is 1. The third kappa shape index (κ3) is 6.63. The average molecular weight is 298 g/mol. The summed E-state index contributed by atoms with van der Waals surface area (Å²) in [7, 11) is 0. The Bertz CT molecular complexity index is 334. The number of rotatable bonds is 7. The maximum Gasteiger partial charge on any atom is 0.406 e. The first-order chi connectivity index (χ1) is 9.12. The number of nitrogens with zero attached hydrogens (tertiary/aromatic N) is 2. The van der Waals surface area contributed by atoms with E-state index in [-0.39, 0.29) is 19.5 Å². The van der Waals surface area contributed by atoms with E-state index < -0.39 is 30.8 Å². The van der Waals surface area contributed by atoms with Crippen molar-refractivity contribution in [1.82, 2.24) is 9.80 Å². The van der Waals surface area contributed by atoms with Gasteiger partial charge in [0.05, 0.1) is 6.42 Å². The van der Waals surface area contributed by atoms with Crippen molar-refractivity contribution >= 4 is 12.0 Å². The second kappa shape index (κ2) is 7.96. The van der Waals surface area contributed by atoms with Gasteiger partial charge < -0.3 is 14.9 Å². The van der Waals surface area contributed by atoms with Crippen LogP contribution >= 0.6 is 0 Å². The molecule has 1 N–H and O–H groups in total. The number of hydrogen-bond acceptors (Lipinski definition) is 2. The van der Waals surface area contributed by atoms with Crippen LogP contribution in [0.4, 0.5) is 18.0 Å². The molecule has 0 aliphatic heterocycles. The molecule has 0 aliphatic rings. The summed E-state index contributed by atoms with van der Waals surface area (Å²) in [6, 6.07) is -1.43. The van der Waals surface area contributed by atoms with E-state index in [0.717, 1.165) is 4.90 Å².